The fraction of sp³-hybridized carbons (Fsp3) is 0.150. The third kappa shape index (κ3) is 5.12. The summed E-state index contributed by atoms with van der Waals surface area (Å²) in [6.45, 7) is -0.107. The fourth-order valence-electron chi connectivity index (χ4n) is 2.71. The van der Waals surface area contributed by atoms with Gasteiger partial charge in [-0.2, -0.15) is 0 Å². The van der Waals surface area contributed by atoms with E-state index >= 15 is 0 Å². The smallest absolute Gasteiger partial charge is 0.254 e. The maximum atomic E-state index is 12.8. The van der Waals surface area contributed by atoms with Crippen LogP contribution in [0.2, 0.25) is 10.0 Å². The van der Waals surface area contributed by atoms with Gasteiger partial charge in [-0.25, -0.2) is 4.98 Å². The van der Waals surface area contributed by atoms with E-state index in [1.807, 2.05) is 23.1 Å². The number of hydrogen-bond donors (Lipinski definition) is 1. The normalized spacial score (nSPS) is 10.6. The molecule has 1 N–H and O–H groups in total. The molecule has 0 fully saturated rings. The number of thioether (sulfide) groups is 1. The second-order valence-corrected chi connectivity index (χ2v) is 7.76. The number of benzene rings is 2. The summed E-state index contributed by atoms with van der Waals surface area (Å²) in [6.07, 6.45) is 5.48. The molecule has 29 heavy (non-hydrogen) atoms. The Labute approximate surface area is 182 Å². The molecule has 0 spiro atoms. The van der Waals surface area contributed by atoms with Crippen molar-refractivity contribution in [3.63, 3.8) is 0 Å². The van der Waals surface area contributed by atoms with Gasteiger partial charge in [-0.05, 0) is 42.7 Å². The van der Waals surface area contributed by atoms with Gasteiger partial charge in [-0.15, -0.1) is 0 Å². The Morgan fingerprint density at radius 1 is 1.17 bits per heavy atom. The first kappa shape index (κ1) is 21.2. The number of nitrogens with one attached hydrogen (secondary N) is 1. The third-order valence-electron chi connectivity index (χ3n) is 4.09. The van der Waals surface area contributed by atoms with Gasteiger partial charge < -0.3 is 10.2 Å². The Balaban J connectivity index is 1.69. The van der Waals surface area contributed by atoms with E-state index in [4.69, 9.17) is 23.2 Å². The molecular formula is C20H18Cl2N4O2S. The van der Waals surface area contributed by atoms with Crippen LogP contribution >= 0.6 is 35.0 Å². The number of carbonyl (C=O) groups is 2. The van der Waals surface area contributed by atoms with Crippen molar-refractivity contribution in [2.75, 3.05) is 25.2 Å². The molecular weight excluding hydrogens is 431 g/mol. The summed E-state index contributed by atoms with van der Waals surface area (Å²) in [4.78, 5) is 30.7. The van der Waals surface area contributed by atoms with Crippen LogP contribution in [0.1, 0.15) is 10.4 Å². The minimum atomic E-state index is -0.338. The van der Waals surface area contributed by atoms with Gasteiger partial charge in [0.25, 0.3) is 5.91 Å². The summed E-state index contributed by atoms with van der Waals surface area (Å²) in [5.41, 5.74) is 1.82. The van der Waals surface area contributed by atoms with E-state index in [-0.39, 0.29) is 18.4 Å². The van der Waals surface area contributed by atoms with E-state index in [9.17, 15) is 9.59 Å². The summed E-state index contributed by atoms with van der Waals surface area (Å²) in [6, 6.07) is 12.0. The first-order valence-electron chi connectivity index (χ1n) is 8.57. The summed E-state index contributed by atoms with van der Waals surface area (Å²) < 4.78 is 1.90. The van der Waals surface area contributed by atoms with Gasteiger partial charge in [0.1, 0.15) is 0 Å². The Hall–Kier alpha value is -2.48. The van der Waals surface area contributed by atoms with Crippen LogP contribution in [0.25, 0.3) is 5.69 Å². The van der Waals surface area contributed by atoms with E-state index in [0.717, 1.165) is 10.8 Å². The van der Waals surface area contributed by atoms with E-state index in [2.05, 4.69) is 10.3 Å². The molecule has 150 valence electrons. The van der Waals surface area contributed by atoms with E-state index in [0.29, 0.717) is 21.3 Å². The molecule has 1 heterocycles. The molecule has 0 unspecified atom stereocenters. The maximum Gasteiger partial charge on any atom is 0.254 e. The van der Waals surface area contributed by atoms with Crippen molar-refractivity contribution in [1.82, 2.24) is 14.5 Å². The average Bonchev–Trinajstić information content (AvgIpc) is 3.19. The largest absolute Gasteiger partial charge is 0.332 e. The summed E-state index contributed by atoms with van der Waals surface area (Å²) in [5.74, 6) is -0.600. The highest BCUT2D eigenvalue weighted by atomic mass is 35.5. The van der Waals surface area contributed by atoms with Crippen LogP contribution in [-0.4, -0.2) is 46.1 Å². The zero-order valence-corrected chi connectivity index (χ0v) is 18.1. The Kier molecular flexibility index (Phi) is 6.84. The number of imidazole rings is 1. The van der Waals surface area contributed by atoms with Gasteiger partial charge in [0.05, 0.1) is 16.6 Å². The summed E-state index contributed by atoms with van der Waals surface area (Å²) >= 11 is 13.3. The molecule has 2 amide bonds. The van der Waals surface area contributed by atoms with Crippen molar-refractivity contribution >= 4 is 52.5 Å². The number of anilines is 1. The number of nitrogens with zero attached hydrogens (tertiary/aromatic N) is 3. The number of rotatable bonds is 6. The van der Waals surface area contributed by atoms with Crippen molar-refractivity contribution in [2.45, 2.75) is 5.16 Å². The molecule has 3 rings (SSSR count). The molecule has 1 aromatic heterocycles. The van der Waals surface area contributed by atoms with Gasteiger partial charge in [0.15, 0.2) is 5.16 Å². The lowest BCUT2D eigenvalue weighted by Gasteiger charge is -2.18. The van der Waals surface area contributed by atoms with Crippen LogP contribution in [-0.2, 0) is 4.79 Å². The molecule has 0 bridgehead atoms. The highest BCUT2D eigenvalue weighted by Crippen LogP contribution is 2.25. The third-order valence-corrected chi connectivity index (χ3v) is 5.50. The van der Waals surface area contributed by atoms with Crippen LogP contribution in [0.4, 0.5) is 5.69 Å². The number of halogens is 2. The highest BCUT2D eigenvalue weighted by Gasteiger charge is 2.16. The van der Waals surface area contributed by atoms with Gasteiger partial charge in [0.2, 0.25) is 5.91 Å². The summed E-state index contributed by atoms with van der Waals surface area (Å²) in [7, 11) is 1.58. The number of hydrogen-bond acceptors (Lipinski definition) is 4. The first-order valence-corrected chi connectivity index (χ1v) is 10.5. The second kappa shape index (κ2) is 9.35. The molecule has 0 radical (unpaired) electrons. The number of carbonyl (C=O) groups excluding carboxylic acids is 2. The predicted molar refractivity (Wildman–Crippen MR) is 117 cm³/mol. The molecule has 0 aliphatic heterocycles. The molecule has 0 aliphatic rings. The zero-order valence-electron chi connectivity index (χ0n) is 15.7. The molecule has 0 atom stereocenters. The fourth-order valence-corrected chi connectivity index (χ4v) is 3.54. The lowest BCUT2D eigenvalue weighted by atomic mass is 10.1. The van der Waals surface area contributed by atoms with E-state index < -0.39 is 0 Å². The Bertz CT molecular complexity index is 1050. The van der Waals surface area contributed by atoms with Crippen LogP contribution < -0.4 is 5.32 Å². The molecule has 0 saturated carbocycles. The summed E-state index contributed by atoms with van der Waals surface area (Å²) in [5, 5.41) is 4.27. The number of likely N-dealkylation sites (N-methyl/N-ethyl adjacent to an activating group) is 1. The highest BCUT2D eigenvalue weighted by molar-refractivity contribution is 7.98. The van der Waals surface area contributed by atoms with Crippen molar-refractivity contribution in [3.05, 3.63) is 70.5 Å². The molecule has 0 saturated heterocycles. The standard InChI is InChI=1S/C20H18Cl2N4O2S/c1-25(12-18(27)24-14-6-7-16(21)17(22)11-14)19(28)13-4-3-5-15(10-13)26-9-8-23-20(26)29-2/h3-11H,12H2,1-2H3,(H,24,27). The van der Waals surface area contributed by atoms with E-state index in [1.165, 1.54) is 16.7 Å². The van der Waals surface area contributed by atoms with Gasteiger partial charge >= 0.3 is 0 Å². The SMILES string of the molecule is CSc1nccn1-c1cccc(C(=O)N(C)CC(=O)Nc2ccc(Cl)c(Cl)c2)c1. The molecule has 6 nitrogen and oxygen atoms in total. The minimum absolute atomic E-state index is 0.107. The second-order valence-electron chi connectivity index (χ2n) is 6.17. The van der Waals surface area contributed by atoms with Crippen molar-refractivity contribution in [3.8, 4) is 5.69 Å². The average molecular weight is 449 g/mol. The lowest BCUT2D eigenvalue weighted by Crippen LogP contribution is -2.35. The molecule has 2 aromatic carbocycles. The van der Waals surface area contributed by atoms with Gasteiger partial charge in [-0.3, -0.25) is 14.2 Å². The van der Waals surface area contributed by atoms with Gasteiger partial charge in [0, 0.05) is 36.4 Å². The minimum Gasteiger partial charge on any atom is -0.332 e. The Morgan fingerprint density at radius 2 is 1.97 bits per heavy atom. The van der Waals surface area contributed by atoms with Crippen molar-refractivity contribution in [1.29, 1.82) is 0 Å². The van der Waals surface area contributed by atoms with Crippen LogP contribution in [0.15, 0.2) is 60.0 Å². The quantitative estimate of drug-likeness (QED) is 0.558. The predicted octanol–water partition coefficient (Wildman–Crippen LogP) is 4.61. The van der Waals surface area contributed by atoms with Crippen LogP contribution in [0, 0.1) is 0 Å². The van der Waals surface area contributed by atoms with E-state index in [1.54, 1.807) is 49.6 Å². The topological polar surface area (TPSA) is 67.2 Å². The first-order chi connectivity index (χ1) is 13.9. The molecule has 9 heteroatoms. The zero-order chi connectivity index (χ0) is 21.0. The monoisotopic (exact) mass is 448 g/mol. The van der Waals surface area contributed by atoms with Gasteiger partial charge in [-0.1, -0.05) is 41.0 Å². The van der Waals surface area contributed by atoms with Crippen molar-refractivity contribution < 1.29 is 9.59 Å². The number of amides is 2. The number of aromatic nitrogens is 2. The molecule has 0 aliphatic carbocycles. The lowest BCUT2D eigenvalue weighted by molar-refractivity contribution is -0.116. The maximum absolute atomic E-state index is 12.8. The molecule has 3 aromatic rings. The van der Waals surface area contributed by atoms with Crippen LogP contribution in [0.3, 0.4) is 0 Å². The van der Waals surface area contributed by atoms with Crippen molar-refractivity contribution in [2.24, 2.45) is 0 Å². The van der Waals surface area contributed by atoms with Crippen LogP contribution in [0.5, 0.6) is 0 Å². The Morgan fingerprint density at radius 3 is 2.69 bits per heavy atom.